The Balaban J connectivity index is 1.52. The topological polar surface area (TPSA) is 69.7 Å². The molecule has 1 aliphatic heterocycles. The van der Waals surface area contributed by atoms with Crippen molar-refractivity contribution in [3.63, 3.8) is 0 Å². The molecule has 0 bridgehead atoms. The molecular formula is C20H18N2O4S. The fraction of sp³-hybridized carbons (Fsp3) is 0.200. The van der Waals surface area contributed by atoms with Crippen LogP contribution < -0.4 is 19.5 Å². The summed E-state index contributed by atoms with van der Waals surface area (Å²) in [6.07, 6.45) is 0. The van der Waals surface area contributed by atoms with Gasteiger partial charge >= 0.3 is 0 Å². The van der Waals surface area contributed by atoms with E-state index in [2.05, 4.69) is 10.3 Å². The number of hydrogen-bond acceptors (Lipinski definition) is 6. The summed E-state index contributed by atoms with van der Waals surface area (Å²) in [5.41, 5.74) is 2.33. The van der Waals surface area contributed by atoms with Gasteiger partial charge in [0.25, 0.3) is 5.91 Å². The smallest absolute Gasteiger partial charge is 0.257 e. The van der Waals surface area contributed by atoms with Crippen molar-refractivity contribution >= 4 is 22.4 Å². The van der Waals surface area contributed by atoms with Crippen LogP contribution in [0.4, 0.5) is 5.13 Å². The molecule has 0 fully saturated rings. The van der Waals surface area contributed by atoms with Crippen LogP contribution in [0.1, 0.15) is 22.2 Å². The summed E-state index contributed by atoms with van der Waals surface area (Å²) >= 11 is 1.44. The van der Waals surface area contributed by atoms with Gasteiger partial charge in [-0.05, 0) is 56.3 Å². The molecule has 2 heterocycles. The summed E-state index contributed by atoms with van der Waals surface area (Å²) in [5, 5.41) is 3.41. The minimum atomic E-state index is -0.236. The lowest BCUT2D eigenvalue weighted by molar-refractivity contribution is 0.102. The first kappa shape index (κ1) is 17.4. The number of carbonyl (C=O) groups is 1. The van der Waals surface area contributed by atoms with Crippen molar-refractivity contribution in [3.8, 4) is 28.5 Å². The van der Waals surface area contributed by atoms with Crippen molar-refractivity contribution in [2.45, 2.75) is 13.8 Å². The number of aromatic nitrogens is 1. The van der Waals surface area contributed by atoms with Crippen LogP contribution >= 0.6 is 11.3 Å². The van der Waals surface area contributed by atoms with Crippen LogP contribution in [0.3, 0.4) is 0 Å². The number of rotatable bonds is 5. The van der Waals surface area contributed by atoms with Gasteiger partial charge in [-0.1, -0.05) is 0 Å². The predicted molar refractivity (Wildman–Crippen MR) is 104 cm³/mol. The Hall–Kier alpha value is -3.06. The van der Waals surface area contributed by atoms with Crippen molar-refractivity contribution in [1.82, 2.24) is 4.98 Å². The highest BCUT2D eigenvalue weighted by Gasteiger charge is 2.18. The van der Waals surface area contributed by atoms with Crippen molar-refractivity contribution in [2.24, 2.45) is 0 Å². The number of fused-ring (bicyclic) bond motifs is 1. The Morgan fingerprint density at radius 1 is 1.19 bits per heavy atom. The molecule has 0 radical (unpaired) electrons. The maximum Gasteiger partial charge on any atom is 0.257 e. The first-order valence-corrected chi connectivity index (χ1v) is 9.37. The normalized spacial score (nSPS) is 12.1. The Morgan fingerprint density at radius 3 is 2.74 bits per heavy atom. The van der Waals surface area contributed by atoms with E-state index in [1.807, 2.05) is 38.1 Å². The quantitative estimate of drug-likeness (QED) is 0.704. The van der Waals surface area contributed by atoms with Gasteiger partial charge in [-0.2, -0.15) is 0 Å². The third-order valence-corrected chi connectivity index (χ3v) is 4.98. The van der Waals surface area contributed by atoms with E-state index in [-0.39, 0.29) is 12.7 Å². The molecule has 0 saturated carbocycles. The highest BCUT2D eigenvalue weighted by molar-refractivity contribution is 7.16. The fourth-order valence-corrected chi connectivity index (χ4v) is 3.63. The Kier molecular flexibility index (Phi) is 4.68. The minimum Gasteiger partial charge on any atom is -0.494 e. The average Bonchev–Trinajstić information content (AvgIpc) is 3.28. The predicted octanol–water partition coefficient (Wildman–Crippen LogP) is 4.50. The van der Waals surface area contributed by atoms with Crippen molar-refractivity contribution in [3.05, 3.63) is 52.9 Å². The number of ether oxygens (including phenoxy) is 3. The van der Waals surface area contributed by atoms with Gasteiger partial charge in [0.05, 0.1) is 12.3 Å². The SMILES string of the molecule is CCOc1ccc(-c2nc(NC(=O)c3ccc4c(c3)OCO4)sc2C)cc1. The summed E-state index contributed by atoms with van der Waals surface area (Å²) < 4.78 is 16.1. The molecule has 1 aromatic heterocycles. The second kappa shape index (κ2) is 7.28. The lowest BCUT2D eigenvalue weighted by Crippen LogP contribution is -2.11. The second-order valence-corrected chi connectivity index (χ2v) is 7.11. The van der Waals surface area contributed by atoms with Crippen LogP contribution in [0.5, 0.6) is 17.2 Å². The number of amides is 1. The molecular weight excluding hydrogens is 364 g/mol. The molecule has 7 heteroatoms. The van der Waals surface area contributed by atoms with Crippen LogP contribution in [-0.4, -0.2) is 24.3 Å². The Bertz CT molecular complexity index is 982. The van der Waals surface area contributed by atoms with Gasteiger partial charge in [-0.3, -0.25) is 10.1 Å². The van der Waals surface area contributed by atoms with Gasteiger partial charge in [0.1, 0.15) is 5.75 Å². The lowest BCUT2D eigenvalue weighted by atomic mass is 10.1. The zero-order chi connectivity index (χ0) is 18.8. The molecule has 0 aliphatic carbocycles. The standard InChI is InChI=1S/C20H18N2O4S/c1-3-24-15-7-4-13(5-8-15)18-12(2)27-20(21-18)22-19(23)14-6-9-16-17(10-14)26-11-25-16/h4-10H,3,11H2,1-2H3,(H,21,22,23). The van der Waals surface area contributed by atoms with E-state index < -0.39 is 0 Å². The Labute approximate surface area is 160 Å². The molecule has 3 aromatic rings. The number of aryl methyl sites for hydroxylation is 1. The third-order valence-electron chi connectivity index (χ3n) is 4.09. The summed E-state index contributed by atoms with van der Waals surface area (Å²) in [6.45, 7) is 4.75. The van der Waals surface area contributed by atoms with Gasteiger partial charge in [-0.15, -0.1) is 11.3 Å². The molecule has 2 aromatic carbocycles. The minimum absolute atomic E-state index is 0.178. The van der Waals surface area contributed by atoms with Crippen molar-refractivity contribution in [2.75, 3.05) is 18.7 Å². The summed E-state index contributed by atoms with van der Waals surface area (Å²) in [7, 11) is 0. The highest BCUT2D eigenvalue weighted by Crippen LogP contribution is 2.34. The second-order valence-electron chi connectivity index (χ2n) is 5.90. The first-order valence-electron chi connectivity index (χ1n) is 8.55. The van der Waals surface area contributed by atoms with E-state index >= 15 is 0 Å². The summed E-state index contributed by atoms with van der Waals surface area (Å²) in [5.74, 6) is 1.81. The van der Waals surface area contributed by atoms with E-state index in [0.717, 1.165) is 21.9 Å². The largest absolute Gasteiger partial charge is 0.494 e. The molecule has 0 atom stereocenters. The molecule has 6 nitrogen and oxygen atoms in total. The van der Waals surface area contributed by atoms with E-state index in [1.54, 1.807) is 18.2 Å². The number of thiazole rings is 1. The average molecular weight is 382 g/mol. The molecule has 1 amide bonds. The van der Waals surface area contributed by atoms with Crippen molar-refractivity contribution in [1.29, 1.82) is 0 Å². The molecule has 1 N–H and O–H groups in total. The molecule has 4 rings (SSSR count). The summed E-state index contributed by atoms with van der Waals surface area (Å²) in [4.78, 5) is 18.1. The van der Waals surface area contributed by atoms with Crippen LogP contribution in [0.25, 0.3) is 11.3 Å². The fourth-order valence-electron chi connectivity index (χ4n) is 2.80. The van der Waals surface area contributed by atoms with Gasteiger partial charge in [0.2, 0.25) is 6.79 Å². The molecule has 0 unspecified atom stereocenters. The number of benzene rings is 2. The van der Waals surface area contributed by atoms with Crippen LogP contribution in [-0.2, 0) is 0 Å². The zero-order valence-electron chi connectivity index (χ0n) is 14.9. The van der Waals surface area contributed by atoms with E-state index in [4.69, 9.17) is 14.2 Å². The number of hydrogen-bond donors (Lipinski definition) is 1. The van der Waals surface area contributed by atoms with Gasteiger partial charge in [0, 0.05) is 16.0 Å². The van der Waals surface area contributed by atoms with Gasteiger partial charge in [-0.25, -0.2) is 4.98 Å². The molecule has 0 saturated heterocycles. The molecule has 1 aliphatic rings. The monoisotopic (exact) mass is 382 g/mol. The van der Waals surface area contributed by atoms with Crippen LogP contribution in [0.2, 0.25) is 0 Å². The number of nitrogens with zero attached hydrogens (tertiary/aromatic N) is 1. The van der Waals surface area contributed by atoms with E-state index in [0.29, 0.717) is 28.8 Å². The maximum absolute atomic E-state index is 12.5. The van der Waals surface area contributed by atoms with Gasteiger partial charge < -0.3 is 14.2 Å². The number of carbonyl (C=O) groups excluding carboxylic acids is 1. The summed E-state index contributed by atoms with van der Waals surface area (Å²) in [6, 6.07) is 12.9. The highest BCUT2D eigenvalue weighted by atomic mass is 32.1. The van der Waals surface area contributed by atoms with Gasteiger partial charge in [0.15, 0.2) is 16.6 Å². The molecule has 0 spiro atoms. The third kappa shape index (κ3) is 3.59. The first-order chi connectivity index (χ1) is 13.1. The van der Waals surface area contributed by atoms with Crippen molar-refractivity contribution < 1.29 is 19.0 Å². The molecule has 138 valence electrons. The van der Waals surface area contributed by atoms with E-state index in [1.165, 1.54) is 11.3 Å². The lowest BCUT2D eigenvalue weighted by Gasteiger charge is -2.04. The van der Waals surface area contributed by atoms with E-state index in [9.17, 15) is 4.79 Å². The Morgan fingerprint density at radius 2 is 1.96 bits per heavy atom. The van der Waals surface area contributed by atoms with Crippen LogP contribution in [0.15, 0.2) is 42.5 Å². The van der Waals surface area contributed by atoms with Crippen LogP contribution in [0, 0.1) is 6.92 Å². The maximum atomic E-state index is 12.5. The number of nitrogens with one attached hydrogen (secondary N) is 1. The molecule has 27 heavy (non-hydrogen) atoms. The number of anilines is 1. The zero-order valence-corrected chi connectivity index (χ0v) is 15.8.